The highest BCUT2D eigenvalue weighted by molar-refractivity contribution is 9.11. The van der Waals surface area contributed by atoms with E-state index >= 15 is 0 Å². The minimum Gasteiger partial charge on any atom is -0.379 e. The highest BCUT2D eigenvalue weighted by Gasteiger charge is 2.16. The van der Waals surface area contributed by atoms with Gasteiger partial charge in [0.2, 0.25) is 10.0 Å². The molecular formula is C12H18Br2N2O3S. The van der Waals surface area contributed by atoms with Crippen molar-refractivity contribution in [1.29, 1.82) is 0 Å². The fourth-order valence-corrected chi connectivity index (χ4v) is 4.13. The molecule has 0 saturated carbocycles. The first-order valence-electron chi connectivity index (χ1n) is 6.00. The van der Waals surface area contributed by atoms with Crippen LogP contribution in [0, 0.1) is 0 Å². The molecule has 0 bridgehead atoms. The number of likely N-dealkylation sites (N-methyl/N-ethyl adjacent to an activating group) is 1. The van der Waals surface area contributed by atoms with Crippen LogP contribution in [0.1, 0.15) is 0 Å². The van der Waals surface area contributed by atoms with Gasteiger partial charge in [0, 0.05) is 22.0 Å². The van der Waals surface area contributed by atoms with Gasteiger partial charge in [-0.1, -0.05) is 15.9 Å². The van der Waals surface area contributed by atoms with E-state index < -0.39 is 10.0 Å². The monoisotopic (exact) mass is 428 g/mol. The van der Waals surface area contributed by atoms with E-state index in [1.807, 2.05) is 19.0 Å². The standard InChI is InChI=1S/C12H18Br2N2O3S/c1-16(2)6-8-19-7-5-15-20(17,18)12-4-3-10(13)9-11(12)14/h3-4,9,15H,5-8H2,1-2H3. The summed E-state index contributed by atoms with van der Waals surface area (Å²) in [4.78, 5) is 2.22. The van der Waals surface area contributed by atoms with Gasteiger partial charge in [-0.2, -0.15) is 0 Å². The van der Waals surface area contributed by atoms with Gasteiger partial charge in [-0.3, -0.25) is 0 Å². The third kappa shape index (κ3) is 6.19. The zero-order valence-electron chi connectivity index (χ0n) is 11.4. The van der Waals surface area contributed by atoms with E-state index in [0.29, 0.717) is 17.7 Å². The molecule has 0 atom stereocenters. The molecule has 0 aliphatic rings. The van der Waals surface area contributed by atoms with Crippen LogP contribution in [0.15, 0.2) is 32.0 Å². The summed E-state index contributed by atoms with van der Waals surface area (Å²) in [5, 5.41) is 0. The van der Waals surface area contributed by atoms with Crippen molar-refractivity contribution >= 4 is 41.9 Å². The molecule has 0 fully saturated rings. The average molecular weight is 430 g/mol. The van der Waals surface area contributed by atoms with Crippen molar-refractivity contribution < 1.29 is 13.2 Å². The molecule has 8 heteroatoms. The predicted molar refractivity (Wildman–Crippen MR) is 86.4 cm³/mol. The van der Waals surface area contributed by atoms with Crippen LogP contribution in [-0.2, 0) is 14.8 Å². The maximum Gasteiger partial charge on any atom is 0.241 e. The SMILES string of the molecule is CN(C)CCOCCNS(=O)(=O)c1ccc(Br)cc1Br. The Balaban J connectivity index is 2.46. The highest BCUT2D eigenvalue weighted by atomic mass is 79.9. The second-order valence-corrected chi connectivity index (χ2v) is 7.89. The Morgan fingerprint density at radius 1 is 1.25 bits per heavy atom. The molecule has 114 valence electrons. The topological polar surface area (TPSA) is 58.6 Å². The van der Waals surface area contributed by atoms with Crippen molar-refractivity contribution in [1.82, 2.24) is 9.62 Å². The quantitative estimate of drug-likeness (QED) is 0.642. The molecule has 1 aromatic carbocycles. The number of sulfonamides is 1. The Hall–Kier alpha value is 0.01000. The lowest BCUT2D eigenvalue weighted by Crippen LogP contribution is -2.28. The first-order chi connectivity index (χ1) is 9.33. The van der Waals surface area contributed by atoms with Gasteiger partial charge < -0.3 is 9.64 Å². The van der Waals surface area contributed by atoms with Gasteiger partial charge in [-0.05, 0) is 48.2 Å². The lowest BCUT2D eigenvalue weighted by Gasteiger charge is -2.11. The normalized spacial score (nSPS) is 12.1. The first-order valence-corrected chi connectivity index (χ1v) is 9.07. The molecule has 0 aliphatic heterocycles. The van der Waals surface area contributed by atoms with E-state index in [9.17, 15) is 8.42 Å². The van der Waals surface area contributed by atoms with Crippen LogP contribution in [0.25, 0.3) is 0 Å². The number of hydrogen-bond acceptors (Lipinski definition) is 4. The summed E-state index contributed by atoms with van der Waals surface area (Å²) in [5.41, 5.74) is 0. The molecule has 5 nitrogen and oxygen atoms in total. The first kappa shape index (κ1) is 18.1. The van der Waals surface area contributed by atoms with Crippen molar-refractivity contribution in [2.45, 2.75) is 4.90 Å². The summed E-state index contributed by atoms with van der Waals surface area (Å²) in [6.45, 7) is 1.99. The predicted octanol–water partition coefficient (Wildman–Crippen LogP) is 2.07. The smallest absolute Gasteiger partial charge is 0.241 e. The zero-order chi connectivity index (χ0) is 15.2. The fourth-order valence-electron chi connectivity index (χ4n) is 1.37. The largest absolute Gasteiger partial charge is 0.379 e. The Kier molecular flexibility index (Phi) is 7.63. The van der Waals surface area contributed by atoms with Gasteiger partial charge in [-0.25, -0.2) is 13.1 Å². The average Bonchev–Trinajstić information content (AvgIpc) is 2.32. The summed E-state index contributed by atoms with van der Waals surface area (Å²) >= 11 is 6.53. The van der Waals surface area contributed by atoms with E-state index in [1.165, 1.54) is 0 Å². The number of nitrogens with one attached hydrogen (secondary N) is 1. The van der Waals surface area contributed by atoms with Crippen molar-refractivity contribution in [3.63, 3.8) is 0 Å². The summed E-state index contributed by atoms with van der Waals surface area (Å²) in [7, 11) is 0.392. The van der Waals surface area contributed by atoms with Gasteiger partial charge in [-0.15, -0.1) is 0 Å². The second kappa shape index (κ2) is 8.45. The van der Waals surface area contributed by atoms with Gasteiger partial charge in [0.1, 0.15) is 0 Å². The van der Waals surface area contributed by atoms with Crippen LogP contribution in [0.3, 0.4) is 0 Å². The zero-order valence-corrected chi connectivity index (χ0v) is 15.4. The Bertz CT molecular complexity index is 536. The van der Waals surface area contributed by atoms with Crippen molar-refractivity contribution in [3.8, 4) is 0 Å². The molecule has 20 heavy (non-hydrogen) atoms. The van der Waals surface area contributed by atoms with E-state index in [-0.39, 0.29) is 11.4 Å². The Labute approximate surface area is 137 Å². The van der Waals surface area contributed by atoms with E-state index in [2.05, 4.69) is 36.6 Å². The maximum atomic E-state index is 12.1. The number of hydrogen-bond donors (Lipinski definition) is 1. The molecule has 0 aromatic heterocycles. The van der Waals surface area contributed by atoms with Crippen LogP contribution < -0.4 is 4.72 Å². The minimum absolute atomic E-state index is 0.217. The van der Waals surface area contributed by atoms with Gasteiger partial charge in [0.05, 0.1) is 18.1 Å². The lowest BCUT2D eigenvalue weighted by molar-refractivity contribution is 0.122. The van der Waals surface area contributed by atoms with Crippen LogP contribution in [-0.4, -0.2) is 53.7 Å². The summed E-state index contributed by atoms with van der Waals surface area (Å²) in [5.74, 6) is 0. The van der Waals surface area contributed by atoms with Crippen molar-refractivity contribution in [2.75, 3.05) is 40.4 Å². The van der Waals surface area contributed by atoms with E-state index in [1.54, 1.807) is 18.2 Å². The van der Waals surface area contributed by atoms with Crippen LogP contribution in [0.2, 0.25) is 0 Å². The number of benzene rings is 1. The molecule has 1 N–H and O–H groups in total. The maximum absolute atomic E-state index is 12.1. The van der Waals surface area contributed by atoms with Crippen LogP contribution >= 0.6 is 31.9 Å². The molecule has 0 amide bonds. The summed E-state index contributed by atoms with van der Waals surface area (Å²) in [6, 6.07) is 4.93. The molecule has 0 spiro atoms. The van der Waals surface area contributed by atoms with Gasteiger partial charge in [0.15, 0.2) is 0 Å². The Morgan fingerprint density at radius 3 is 2.55 bits per heavy atom. The number of halogens is 2. The lowest BCUT2D eigenvalue weighted by atomic mass is 10.4. The van der Waals surface area contributed by atoms with Gasteiger partial charge >= 0.3 is 0 Å². The Morgan fingerprint density at radius 2 is 1.95 bits per heavy atom. The van der Waals surface area contributed by atoms with Crippen molar-refractivity contribution in [2.24, 2.45) is 0 Å². The van der Waals surface area contributed by atoms with Crippen LogP contribution in [0.4, 0.5) is 0 Å². The van der Waals surface area contributed by atoms with E-state index in [0.717, 1.165) is 11.0 Å². The molecule has 1 rings (SSSR count). The molecule has 0 radical (unpaired) electrons. The molecular weight excluding hydrogens is 412 g/mol. The van der Waals surface area contributed by atoms with Crippen LogP contribution in [0.5, 0.6) is 0 Å². The molecule has 0 heterocycles. The van der Waals surface area contributed by atoms with Gasteiger partial charge in [0.25, 0.3) is 0 Å². The fraction of sp³-hybridized carbons (Fsp3) is 0.500. The minimum atomic E-state index is -3.52. The highest BCUT2D eigenvalue weighted by Crippen LogP contribution is 2.25. The van der Waals surface area contributed by atoms with Crippen molar-refractivity contribution in [3.05, 3.63) is 27.1 Å². The summed E-state index contributed by atoms with van der Waals surface area (Å²) in [6.07, 6.45) is 0. The third-order valence-electron chi connectivity index (χ3n) is 2.40. The number of nitrogens with zero attached hydrogens (tertiary/aromatic N) is 1. The summed E-state index contributed by atoms with van der Waals surface area (Å²) < 4.78 is 33.4. The molecule has 0 saturated heterocycles. The molecule has 0 aliphatic carbocycles. The molecule has 1 aromatic rings. The number of ether oxygens (including phenoxy) is 1. The number of rotatable bonds is 8. The molecule has 0 unspecified atom stereocenters. The second-order valence-electron chi connectivity index (χ2n) is 4.39. The van der Waals surface area contributed by atoms with E-state index in [4.69, 9.17) is 4.74 Å². The third-order valence-corrected chi connectivity index (χ3v) is 5.34.